The van der Waals surface area contributed by atoms with Gasteiger partial charge in [0.1, 0.15) is 11.5 Å². The zero-order valence-corrected chi connectivity index (χ0v) is 22.8. The molecule has 2 aliphatic heterocycles. The number of benzene rings is 2. The van der Waals surface area contributed by atoms with Gasteiger partial charge in [0.05, 0.1) is 13.7 Å². The molecule has 2 heterocycles. The molecule has 2 fully saturated rings. The van der Waals surface area contributed by atoms with E-state index in [4.69, 9.17) is 9.47 Å². The Morgan fingerprint density at radius 1 is 1.05 bits per heavy atom. The van der Waals surface area contributed by atoms with Gasteiger partial charge in [-0.3, -0.25) is 19.4 Å². The Balaban J connectivity index is 1.32. The third-order valence-electron chi connectivity index (χ3n) is 8.38. The number of amides is 2. The quantitative estimate of drug-likeness (QED) is 0.366. The number of nitrogens with zero attached hydrogens (tertiary/aromatic N) is 2. The molecule has 2 amide bonds. The van der Waals surface area contributed by atoms with Crippen molar-refractivity contribution in [3.63, 3.8) is 0 Å². The van der Waals surface area contributed by atoms with E-state index in [9.17, 15) is 9.59 Å². The molecule has 1 aliphatic carbocycles. The van der Waals surface area contributed by atoms with Crippen LogP contribution < -0.4 is 9.47 Å². The average Bonchev–Trinajstić information content (AvgIpc) is 3.54. The third kappa shape index (κ3) is 6.12. The number of carbonyl (C=O) groups is 2. The van der Waals surface area contributed by atoms with E-state index >= 15 is 0 Å². The topological polar surface area (TPSA) is 59.1 Å². The first kappa shape index (κ1) is 26.5. The second-order valence-electron chi connectivity index (χ2n) is 11.0. The minimum Gasteiger partial charge on any atom is -0.496 e. The van der Waals surface area contributed by atoms with E-state index in [0.29, 0.717) is 25.4 Å². The molecule has 5 rings (SSSR count). The normalized spacial score (nSPS) is 18.9. The van der Waals surface area contributed by atoms with Crippen molar-refractivity contribution in [2.75, 3.05) is 26.8 Å². The first-order valence-corrected chi connectivity index (χ1v) is 14.2. The molecule has 2 aromatic rings. The molecule has 1 saturated heterocycles. The molecule has 1 unspecified atom stereocenters. The molecule has 6 nitrogen and oxygen atoms in total. The minimum absolute atomic E-state index is 0.0926. The van der Waals surface area contributed by atoms with Gasteiger partial charge in [-0.2, -0.15) is 0 Å². The van der Waals surface area contributed by atoms with Gasteiger partial charge in [0.25, 0.3) is 0 Å². The Kier molecular flexibility index (Phi) is 8.48. The van der Waals surface area contributed by atoms with Crippen molar-refractivity contribution in [3.8, 4) is 11.5 Å². The Morgan fingerprint density at radius 3 is 2.61 bits per heavy atom. The maximum atomic E-state index is 11.9. The lowest BCUT2D eigenvalue weighted by Gasteiger charge is -2.34. The summed E-state index contributed by atoms with van der Waals surface area (Å²) in [5.41, 5.74) is 4.83. The molecule has 6 heteroatoms. The van der Waals surface area contributed by atoms with Gasteiger partial charge >= 0.3 is 0 Å². The molecule has 0 bridgehead atoms. The molecule has 3 aliphatic rings. The van der Waals surface area contributed by atoms with Crippen LogP contribution in [0.15, 0.2) is 42.5 Å². The van der Waals surface area contributed by atoms with E-state index in [0.717, 1.165) is 49.1 Å². The SMILES string of the molecule is COc1cc(CN(CC2CCCCC2)C(C)c2ccc3c(c2)CCO3)ccc1/C=C/CN1C(=O)CCC1=O. The fraction of sp³-hybridized carbons (Fsp3) is 0.500. The molecule has 202 valence electrons. The maximum Gasteiger partial charge on any atom is 0.229 e. The average molecular weight is 517 g/mol. The van der Waals surface area contributed by atoms with Crippen molar-refractivity contribution >= 4 is 17.9 Å². The molecule has 0 N–H and O–H groups in total. The minimum atomic E-state index is -0.0926. The molecule has 1 saturated carbocycles. The van der Waals surface area contributed by atoms with Crippen LogP contribution in [0, 0.1) is 5.92 Å². The molecule has 38 heavy (non-hydrogen) atoms. The van der Waals surface area contributed by atoms with Crippen molar-refractivity contribution < 1.29 is 19.1 Å². The Bertz CT molecular complexity index is 1170. The molecule has 0 spiro atoms. The van der Waals surface area contributed by atoms with E-state index in [1.54, 1.807) is 7.11 Å². The van der Waals surface area contributed by atoms with Crippen LogP contribution in [0.2, 0.25) is 0 Å². The van der Waals surface area contributed by atoms with E-state index in [1.807, 2.05) is 12.2 Å². The standard InChI is InChI=1S/C32H40N2O4/c1-23(27-12-13-29-28(20-27)16-18-38-29)33(21-24-7-4-3-5-8-24)22-25-10-11-26(30(19-25)37-2)9-6-17-34-31(35)14-15-32(34)36/h6,9-13,19-20,23-24H,3-5,7-8,14-18,21-22H2,1-2H3/b9-6+. The predicted molar refractivity (Wildman–Crippen MR) is 149 cm³/mol. The summed E-state index contributed by atoms with van der Waals surface area (Å²) in [7, 11) is 1.69. The van der Waals surface area contributed by atoms with Crippen molar-refractivity contribution in [2.24, 2.45) is 5.92 Å². The molecular formula is C32H40N2O4. The highest BCUT2D eigenvalue weighted by Crippen LogP contribution is 2.34. The summed E-state index contributed by atoms with van der Waals surface area (Å²) in [5.74, 6) is 2.39. The molecular weight excluding hydrogens is 476 g/mol. The van der Waals surface area contributed by atoms with Crippen molar-refractivity contribution in [1.82, 2.24) is 9.80 Å². The fourth-order valence-electron chi connectivity index (χ4n) is 6.08. The second-order valence-corrected chi connectivity index (χ2v) is 11.0. The summed E-state index contributed by atoms with van der Waals surface area (Å²) in [4.78, 5) is 27.7. The largest absolute Gasteiger partial charge is 0.496 e. The van der Waals surface area contributed by atoms with Crippen LogP contribution in [0.25, 0.3) is 6.08 Å². The Morgan fingerprint density at radius 2 is 1.84 bits per heavy atom. The van der Waals surface area contributed by atoms with Gasteiger partial charge in [0, 0.05) is 50.5 Å². The number of rotatable bonds is 10. The number of imide groups is 1. The number of fused-ring (bicyclic) bond motifs is 1. The van der Waals surface area contributed by atoms with E-state index in [-0.39, 0.29) is 11.8 Å². The van der Waals surface area contributed by atoms with Crippen LogP contribution in [0.1, 0.15) is 80.2 Å². The highest BCUT2D eigenvalue weighted by Gasteiger charge is 2.27. The molecule has 0 radical (unpaired) electrons. The molecule has 0 aromatic heterocycles. The first-order chi connectivity index (χ1) is 18.5. The maximum absolute atomic E-state index is 11.9. The van der Waals surface area contributed by atoms with Crippen LogP contribution in [0.5, 0.6) is 11.5 Å². The monoisotopic (exact) mass is 516 g/mol. The predicted octanol–water partition coefficient (Wildman–Crippen LogP) is 5.94. The smallest absolute Gasteiger partial charge is 0.229 e. The number of likely N-dealkylation sites (tertiary alicyclic amines) is 1. The zero-order chi connectivity index (χ0) is 26.5. The fourth-order valence-corrected chi connectivity index (χ4v) is 6.08. The van der Waals surface area contributed by atoms with Gasteiger partial charge in [0.2, 0.25) is 11.8 Å². The second kappa shape index (κ2) is 12.2. The number of methoxy groups -OCH3 is 1. The third-order valence-corrected chi connectivity index (χ3v) is 8.38. The number of hydrogen-bond acceptors (Lipinski definition) is 5. The molecule has 2 aromatic carbocycles. The first-order valence-electron chi connectivity index (χ1n) is 14.2. The Labute approximate surface area is 226 Å². The van der Waals surface area contributed by atoms with Gasteiger partial charge in [-0.05, 0) is 54.5 Å². The van der Waals surface area contributed by atoms with Crippen molar-refractivity contribution in [2.45, 2.75) is 70.9 Å². The number of ether oxygens (including phenoxy) is 2. The van der Waals surface area contributed by atoms with Crippen LogP contribution in [0.3, 0.4) is 0 Å². The highest BCUT2D eigenvalue weighted by molar-refractivity contribution is 6.02. The summed E-state index contributed by atoms with van der Waals surface area (Å²) in [5, 5.41) is 0. The number of hydrogen-bond donors (Lipinski definition) is 0. The summed E-state index contributed by atoms with van der Waals surface area (Å²) >= 11 is 0. The lowest BCUT2D eigenvalue weighted by atomic mass is 9.88. The van der Waals surface area contributed by atoms with Crippen molar-refractivity contribution in [1.29, 1.82) is 0 Å². The van der Waals surface area contributed by atoms with Gasteiger partial charge in [-0.15, -0.1) is 0 Å². The van der Waals surface area contributed by atoms with Crippen molar-refractivity contribution in [3.05, 3.63) is 64.7 Å². The summed E-state index contributed by atoms with van der Waals surface area (Å²) in [6, 6.07) is 13.4. The zero-order valence-electron chi connectivity index (χ0n) is 22.8. The lowest BCUT2D eigenvalue weighted by Crippen LogP contribution is -2.32. The van der Waals surface area contributed by atoms with Crippen LogP contribution >= 0.6 is 0 Å². The Hall–Kier alpha value is -3.12. The summed E-state index contributed by atoms with van der Waals surface area (Å²) in [6.45, 7) is 5.36. The number of carbonyl (C=O) groups excluding carboxylic acids is 2. The summed E-state index contributed by atoms with van der Waals surface area (Å²) < 4.78 is 11.5. The van der Waals surface area contributed by atoms with E-state index in [2.05, 4.69) is 48.2 Å². The van der Waals surface area contributed by atoms with Crippen LogP contribution in [0.4, 0.5) is 0 Å². The van der Waals surface area contributed by atoms with Gasteiger partial charge in [-0.25, -0.2) is 0 Å². The van der Waals surface area contributed by atoms with Crippen LogP contribution in [-0.4, -0.2) is 48.4 Å². The van der Waals surface area contributed by atoms with Crippen LogP contribution in [-0.2, 0) is 22.6 Å². The van der Waals surface area contributed by atoms with E-state index in [1.165, 1.54) is 53.7 Å². The van der Waals surface area contributed by atoms with Gasteiger partial charge in [-0.1, -0.05) is 55.7 Å². The lowest BCUT2D eigenvalue weighted by molar-refractivity contribution is -0.137. The van der Waals surface area contributed by atoms with E-state index < -0.39 is 0 Å². The van der Waals surface area contributed by atoms with Gasteiger partial charge in [0.15, 0.2) is 0 Å². The van der Waals surface area contributed by atoms with Gasteiger partial charge < -0.3 is 9.47 Å². The summed E-state index contributed by atoms with van der Waals surface area (Å²) in [6.07, 6.45) is 12.1. The molecule has 1 atom stereocenters. The highest BCUT2D eigenvalue weighted by atomic mass is 16.5.